The zero-order valence-electron chi connectivity index (χ0n) is 15.8. The van der Waals surface area contributed by atoms with Crippen molar-refractivity contribution in [1.82, 2.24) is 0 Å². The minimum atomic E-state index is -2.29. The first-order valence-electron chi connectivity index (χ1n) is 9.55. The molecular weight excluding hydrogens is 354 g/mol. The number of aliphatic hydroxyl groups is 2. The number of aryl methyl sites for hydroxylation is 2. The maximum Gasteiger partial charge on any atom is 0.211 e. The Balaban J connectivity index is 1.86. The van der Waals surface area contributed by atoms with Gasteiger partial charge in [0.05, 0.1) is 5.57 Å². The van der Waals surface area contributed by atoms with Crippen LogP contribution in [0.4, 0.5) is 5.69 Å². The van der Waals surface area contributed by atoms with Gasteiger partial charge in [0, 0.05) is 28.9 Å². The van der Waals surface area contributed by atoms with Gasteiger partial charge < -0.3 is 15.1 Å². The Morgan fingerprint density at radius 3 is 2.46 bits per heavy atom. The van der Waals surface area contributed by atoms with Crippen molar-refractivity contribution in [3.05, 3.63) is 76.0 Å². The van der Waals surface area contributed by atoms with Crippen LogP contribution in [0.3, 0.4) is 0 Å². The van der Waals surface area contributed by atoms with Crippen LogP contribution in [-0.2, 0) is 10.5 Å². The van der Waals surface area contributed by atoms with Crippen LogP contribution >= 0.6 is 0 Å². The number of allylic oxidation sites excluding steroid dienone is 1. The van der Waals surface area contributed by atoms with Gasteiger partial charge in [0.1, 0.15) is 0 Å². The molecule has 0 amide bonds. The summed E-state index contributed by atoms with van der Waals surface area (Å²) in [7, 11) is 0. The van der Waals surface area contributed by atoms with Crippen molar-refractivity contribution in [2.75, 3.05) is 4.90 Å². The second-order valence-electron chi connectivity index (χ2n) is 7.96. The first-order chi connectivity index (χ1) is 13.3. The molecule has 0 unspecified atom stereocenters. The van der Waals surface area contributed by atoms with Gasteiger partial charge >= 0.3 is 0 Å². The molecule has 2 N–H and O–H groups in total. The highest BCUT2D eigenvalue weighted by Gasteiger charge is 2.73. The van der Waals surface area contributed by atoms with E-state index in [0.717, 1.165) is 11.1 Å². The highest BCUT2D eigenvalue weighted by Crippen LogP contribution is 2.59. The smallest absolute Gasteiger partial charge is 0.211 e. The molecule has 142 valence electrons. The number of carbonyl (C=O) groups excluding carboxylic acids is 2. The summed E-state index contributed by atoms with van der Waals surface area (Å²) in [5.74, 6) is -0.880. The van der Waals surface area contributed by atoms with Gasteiger partial charge in [0.25, 0.3) is 0 Å². The third-order valence-corrected chi connectivity index (χ3v) is 6.47. The number of hydrogen-bond acceptors (Lipinski definition) is 5. The Morgan fingerprint density at radius 2 is 1.71 bits per heavy atom. The SMILES string of the molecule is Cc1ccc(N2C3=C(C(=O)CCC3)[C@]3(O)C(=O)c4ccccc4[C@]23O)cc1C. The molecular formula is C23H21NO4. The number of hydrogen-bond donors (Lipinski definition) is 2. The molecule has 5 nitrogen and oxygen atoms in total. The molecule has 0 bridgehead atoms. The summed E-state index contributed by atoms with van der Waals surface area (Å²) in [4.78, 5) is 27.8. The number of benzene rings is 2. The van der Waals surface area contributed by atoms with Gasteiger partial charge in [-0.1, -0.05) is 30.3 Å². The van der Waals surface area contributed by atoms with E-state index >= 15 is 0 Å². The number of anilines is 1. The number of Topliss-reactive ketones (excluding diaryl/α,β-unsaturated/α-hetero) is 2. The van der Waals surface area contributed by atoms with Crippen LogP contribution < -0.4 is 4.90 Å². The molecule has 0 radical (unpaired) electrons. The summed E-state index contributed by atoms with van der Waals surface area (Å²) in [6, 6.07) is 12.4. The molecule has 2 aromatic carbocycles. The Morgan fingerprint density at radius 1 is 0.964 bits per heavy atom. The molecule has 1 heterocycles. The van der Waals surface area contributed by atoms with Crippen LogP contribution in [0.15, 0.2) is 53.7 Å². The highest BCUT2D eigenvalue weighted by molar-refractivity contribution is 6.19. The van der Waals surface area contributed by atoms with Crippen LogP contribution in [0.5, 0.6) is 0 Å². The Labute approximate surface area is 162 Å². The fraction of sp³-hybridized carbons (Fsp3) is 0.304. The lowest BCUT2D eigenvalue weighted by atomic mass is 9.80. The Bertz CT molecular complexity index is 1100. The third-order valence-electron chi connectivity index (χ3n) is 6.47. The van der Waals surface area contributed by atoms with Crippen LogP contribution in [0.25, 0.3) is 0 Å². The van der Waals surface area contributed by atoms with Crippen molar-refractivity contribution < 1.29 is 19.8 Å². The largest absolute Gasteiger partial charge is 0.372 e. The van der Waals surface area contributed by atoms with Crippen LogP contribution in [0.1, 0.15) is 46.3 Å². The lowest BCUT2D eigenvalue weighted by molar-refractivity contribution is -0.123. The van der Waals surface area contributed by atoms with E-state index in [9.17, 15) is 19.8 Å². The Kier molecular flexibility index (Phi) is 3.35. The molecule has 5 heteroatoms. The summed E-state index contributed by atoms with van der Waals surface area (Å²) in [6.07, 6.45) is 1.41. The van der Waals surface area contributed by atoms with Crippen molar-refractivity contribution >= 4 is 17.3 Å². The molecule has 2 atom stereocenters. The topological polar surface area (TPSA) is 77.8 Å². The molecule has 2 aromatic rings. The third kappa shape index (κ3) is 1.79. The molecule has 0 aromatic heterocycles. The van der Waals surface area contributed by atoms with E-state index < -0.39 is 17.1 Å². The van der Waals surface area contributed by atoms with Crippen LogP contribution in [0, 0.1) is 13.8 Å². The number of ketones is 2. The van der Waals surface area contributed by atoms with Crippen molar-refractivity contribution in [2.45, 2.75) is 44.4 Å². The summed E-state index contributed by atoms with van der Waals surface area (Å²) >= 11 is 0. The second kappa shape index (κ2) is 5.40. The fourth-order valence-electron chi connectivity index (χ4n) is 4.97. The van der Waals surface area contributed by atoms with E-state index in [4.69, 9.17) is 0 Å². The summed E-state index contributed by atoms with van der Waals surface area (Å²) in [5.41, 5.74) is -0.342. The van der Waals surface area contributed by atoms with Crippen LogP contribution in [0.2, 0.25) is 0 Å². The van der Waals surface area contributed by atoms with E-state index in [0.29, 0.717) is 29.8 Å². The minimum absolute atomic E-state index is 0.0562. The fourth-order valence-corrected chi connectivity index (χ4v) is 4.97. The summed E-state index contributed by atoms with van der Waals surface area (Å²) in [6.45, 7) is 3.97. The van der Waals surface area contributed by atoms with Gasteiger partial charge in [0.2, 0.25) is 17.1 Å². The average molecular weight is 375 g/mol. The number of fused-ring (bicyclic) bond motifs is 4. The zero-order chi connectivity index (χ0) is 19.8. The minimum Gasteiger partial charge on any atom is -0.372 e. The normalized spacial score (nSPS) is 28.5. The van der Waals surface area contributed by atoms with Crippen molar-refractivity contribution in [1.29, 1.82) is 0 Å². The number of nitrogens with zero attached hydrogens (tertiary/aromatic N) is 1. The predicted octanol–water partition coefficient (Wildman–Crippen LogP) is 2.90. The molecule has 1 aliphatic heterocycles. The van der Waals surface area contributed by atoms with Crippen LogP contribution in [-0.4, -0.2) is 27.4 Å². The summed E-state index contributed by atoms with van der Waals surface area (Å²) < 4.78 is 0. The molecule has 2 aliphatic carbocycles. The maximum absolute atomic E-state index is 13.3. The van der Waals surface area contributed by atoms with Crippen molar-refractivity contribution in [3.63, 3.8) is 0 Å². The van der Waals surface area contributed by atoms with Gasteiger partial charge in [-0.3, -0.25) is 9.59 Å². The lowest BCUT2D eigenvalue weighted by Crippen LogP contribution is -2.58. The van der Waals surface area contributed by atoms with E-state index in [1.165, 1.54) is 0 Å². The zero-order valence-corrected chi connectivity index (χ0v) is 15.8. The maximum atomic E-state index is 13.3. The molecule has 28 heavy (non-hydrogen) atoms. The summed E-state index contributed by atoms with van der Waals surface area (Å²) in [5, 5.41) is 23.7. The number of carbonyl (C=O) groups is 2. The molecule has 0 fully saturated rings. The molecule has 3 aliphatic rings. The van der Waals surface area contributed by atoms with Gasteiger partial charge in [-0.15, -0.1) is 0 Å². The Hall–Kier alpha value is -2.76. The lowest BCUT2D eigenvalue weighted by Gasteiger charge is -2.40. The van der Waals surface area contributed by atoms with Crippen molar-refractivity contribution in [2.24, 2.45) is 0 Å². The first-order valence-corrected chi connectivity index (χ1v) is 9.55. The molecule has 0 spiro atoms. The van der Waals surface area contributed by atoms with E-state index in [1.54, 1.807) is 29.2 Å². The quantitative estimate of drug-likeness (QED) is 0.801. The van der Waals surface area contributed by atoms with E-state index in [1.807, 2.05) is 32.0 Å². The first kappa shape index (κ1) is 17.3. The highest BCUT2D eigenvalue weighted by atomic mass is 16.4. The van der Waals surface area contributed by atoms with Gasteiger partial charge in [-0.05, 0) is 49.9 Å². The average Bonchev–Trinajstić information content (AvgIpc) is 2.99. The molecule has 0 saturated heterocycles. The predicted molar refractivity (Wildman–Crippen MR) is 104 cm³/mol. The standard InChI is InChI=1S/C23H21NO4/c1-13-10-11-15(12-14(13)2)24-18-8-5-9-19(25)20(18)22(27)21(26)16-6-3-4-7-17(16)23(22,24)28/h3-4,6-7,10-12,27-28H,5,8-9H2,1-2H3/t22-,23+/m0/s1. The van der Waals surface area contributed by atoms with Gasteiger partial charge in [-0.2, -0.15) is 0 Å². The van der Waals surface area contributed by atoms with E-state index in [-0.39, 0.29) is 23.3 Å². The molecule has 5 rings (SSSR count). The van der Waals surface area contributed by atoms with Gasteiger partial charge in [0.15, 0.2) is 5.78 Å². The monoisotopic (exact) mass is 375 g/mol. The molecule has 0 saturated carbocycles. The van der Waals surface area contributed by atoms with Gasteiger partial charge in [-0.25, -0.2) is 0 Å². The van der Waals surface area contributed by atoms with Crippen molar-refractivity contribution in [3.8, 4) is 0 Å². The number of rotatable bonds is 1. The second-order valence-corrected chi connectivity index (χ2v) is 7.96. The van der Waals surface area contributed by atoms with E-state index in [2.05, 4.69) is 0 Å².